The number of aliphatic carboxylic acids is 1. The second-order valence-electron chi connectivity index (χ2n) is 11.2. The van der Waals surface area contributed by atoms with Gasteiger partial charge in [-0.2, -0.15) is 5.10 Å². The number of aromatic nitrogens is 4. The zero-order chi connectivity index (χ0) is 28.4. The maximum absolute atomic E-state index is 13.3. The van der Waals surface area contributed by atoms with E-state index in [1.165, 1.54) is 29.2 Å². The average molecular weight is 569 g/mol. The van der Waals surface area contributed by atoms with Crippen molar-refractivity contribution < 1.29 is 33.0 Å². The molecule has 7 rings (SSSR count). The zero-order valence-corrected chi connectivity index (χ0v) is 22.5. The molecule has 3 saturated carbocycles. The summed E-state index contributed by atoms with van der Waals surface area (Å²) in [6.07, 6.45) is 5.33. The molecule has 4 aliphatic rings. The number of benzene rings is 1. The van der Waals surface area contributed by atoms with Crippen LogP contribution in [0.2, 0.25) is 0 Å². The summed E-state index contributed by atoms with van der Waals surface area (Å²) in [5.74, 6) is -2.24. The van der Waals surface area contributed by atoms with Crippen LogP contribution >= 0.6 is 0 Å². The number of nitrogens with one attached hydrogen (secondary N) is 2. The molecule has 1 unspecified atom stereocenters. The van der Waals surface area contributed by atoms with Gasteiger partial charge in [0.15, 0.2) is 21.3 Å². The number of rotatable bonds is 7. The normalized spacial score (nSPS) is 26.4. The fraction of sp³-hybridized carbons (Fsp3) is 0.462. The number of aromatic carboxylic acids is 1. The molecule has 14 heteroatoms. The number of hydrogen-bond acceptors (Lipinski definition) is 9. The molecule has 3 heterocycles. The predicted octanol–water partition coefficient (Wildman–Crippen LogP) is 2.16. The van der Waals surface area contributed by atoms with Crippen molar-refractivity contribution in [2.45, 2.75) is 49.5 Å². The Morgan fingerprint density at radius 1 is 1.05 bits per heavy atom. The Hall–Kier alpha value is -4.07. The lowest BCUT2D eigenvalue weighted by molar-refractivity contribution is -0.158. The molecule has 0 spiro atoms. The summed E-state index contributed by atoms with van der Waals surface area (Å²) in [7, 11) is -2.08. The van der Waals surface area contributed by atoms with Gasteiger partial charge < -0.3 is 20.8 Å². The standard InChI is InChI=1S/C26H28N6O7S/c1-32-21(30-16-11-40(38,39)17-10-14(23(34)35)2-3-15(16)17)19-18(31-32)20(29-13-28-19)22(33)27-12-25-4-7-26(8-5-25,9-6-25)24(36)37/h2-3,10,13,16,30H,4-9,11-12H2,1H3,(H,27,33)(H,34,35)(H,36,37). The monoisotopic (exact) mass is 568 g/mol. The highest BCUT2D eigenvalue weighted by atomic mass is 32.2. The van der Waals surface area contributed by atoms with Gasteiger partial charge in [0.05, 0.1) is 27.7 Å². The van der Waals surface area contributed by atoms with Crippen LogP contribution in [0.3, 0.4) is 0 Å². The predicted molar refractivity (Wildman–Crippen MR) is 141 cm³/mol. The number of sulfone groups is 1. The number of nitrogens with zero attached hydrogens (tertiary/aromatic N) is 4. The van der Waals surface area contributed by atoms with Gasteiger partial charge in [-0.1, -0.05) is 6.07 Å². The number of carbonyl (C=O) groups is 3. The van der Waals surface area contributed by atoms with Crippen LogP contribution in [0.1, 0.15) is 71.0 Å². The van der Waals surface area contributed by atoms with Crippen molar-refractivity contribution >= 4 is 44.5 Å². The van der Waals surface area contributed by atoms with E-state index in [2.05, 4.69) is 25.7 Å². The quantitative estimate of drug-likeness (QED) is 0.326. The summed E-state index contributed by atoms with van der Waals surface area (Å²) in [4.78, 5) is 44.8. The minimum atomic E-state index is -3.72. The highest BCUT2D eigenvalue weighted by Crippen LogP contribution is 2.56. The first-order chi connectivity index (χ1) is 18.9. The van der Waals surface area contributed by atoms with Crippen LogP contribution in [-0.4, -0.2) is 68.5 Å². The number of amides is 1. The van der Waals surface area contributed by atoms with E-state index in [1.54, 1.807) is 7.05 Å². The van der Waals surface area contributed by atoms with Gasteiger partial charge in [-0.05, 0) is 61.6 Å². The highest BCUT2D eigenvalue weighted by Gasteiger charge is 2.52. The molecule has 1 aromatic carbocycles. The third-order valence-electron chi connectivity index (χ3n) is 8.98. The minimum absolute atomic E-state index is 0.0311. The Balaban J connectivity index is 1.23. The van der Waals surface area contributed by atoms with E-state index < -0.39 is 39.1 Å². The van der Waals surface area contributed by atoms with Gasteiger partial charge in [0.25, 0.3) is 5.91 Å². The molecule has 13 nitrogen and oxygen atoms in total. The van der Waals surface area contributed by atoms with Gasteiger partial charge in [-0.15, -0.1) is 0 Å². The van der Waals surface area contributed by atoms with Crippen LogP contribution in [-0.2, 0) is 21.7 Å². The first kappa shape index (κ1) is 26.2. The molecular formula is C26H28N6O7S. The van der Waals surface area contributed by atoms with E-state index in [0.29, 0.717) is 42.7 Å². The van der Waals surface area contributed by atoms with Crippen LogP contribution in [0.5, 0.6) is 0 Å². The van der Waals surface area contributed by atoms with Gasteiger partial charge in [0.2, 0.25) is 0 Å². The average Bonchev–Trinajstić information content (AvgIpc) is 3.39. The van der Waals surface area contributed by atoms with Crippen molar-refractivity contribution in [2.24, 2.45) is 17.9 Å². The number of anilines is 1. The van der Waals surface area contributed by atoms with Gasteiger partial charge in [-0.3, -0.25) is 14.3 Å². The molecular weight excluding hydrogens is 540 g/mol. The van der Waals surface area contributed by atoms with E-state index in [1.807, 2.05) is 0 Å². The Morgan fingerprint density at radius 3 is 2.40 bits per heavy atom. The fourth-order valence-electron chi connectivity index (χ4n) is 6.44. The lowest BCUT2D eigenvalue weighted by atomic mass is 9.53. The lowest BCUT2D eigenvalue weighted by Crippen LogP contribution is -2.50. The molecule has 40 heavy (non-hydrogen) atoms. The first-order valence-corrected chi connectivity index (χ1v) is 14.6. The van der Waals surface area contributed by atoms with Crippen molar-refractivity contribution in [2.75, 3.05) is 17.6 Å². The van der Waals surface area contributed by atoms with Crippen LogP contribution < -0.4 is 10.6 Å². The van der Waals surface area contributed by atoms with Crippen LogP contribution in [0.15, 0.2) is 29.4 Å². The second-order valence-corrected chi connectivity index (χ2v) is 13.2. The second kappa shape index (κ2) is 8.98. The number of carboxylic acids is 2. The molecule has 3 aliphatic carbocycles. The first-order valence-electron chi connectivity index (χ1n) is 13.0. The van der Waals surface area contributed by atoms with Crippen molar-refractivity contribution in [1.29, 1.82) is 0 Å². The van der Waals surface area contributed by atoms with E-state index in [0.717, 1.165) is 19.3 Å². The summed E-state index contributed by atoms with van der Waals surface area (Å²) < 4.78 is 27.1. The summed E-state index contributed by atoms with van der Waals surface area (Å²) in [6, 6.07) is 3.34. The number of carboxylic acid groups (broad SMARTS) is 2. The van der Waals surface area contributed by atoms with Gasteiger partial charge in [-0.25, -0.2) is 23.2 Å². The van der Waals surface area contributed by atoms with Crippen LogP contribution in [0.4, 0.5) is 5.82 Å². The Kier molecular flexibility index (Phi) is 5.87. The maximum atomic E-state index is 13.3. The molecule has 0 radical (unpaired) electrons. The Morgan fingerprint density at radius 2 is 1.75 bits per heavy atom. The highest BCUT2D eigenvalue weighted by molar-refractivity contribution is 7.91. The zero-order valence-electron chi connectivity index (χ0n) is 21.7. The van der Waals surface area contributed by atoms with Crippen molar-refractivity contribution in [3.05, 3.63) is 41.3 Å². The van der Waals surface area contributed by atoms with Gasteiger partial charge in [0, 0.05) is 13.6 Å². The fourth-order valence-corrected chi connectivity index (χ4v) is 8.19. The summed E-state index contributed by atoms with van der Waals surface area (Å²) in [5, 5.41) is 29.5. The molecule has 4 N–H and O–H groups in total. The third kappa shape index (κ3) is 4.08. The van der Waals surface area contributed by atoms with E-state index in [-0.39, 0.29) is 32.8 Å². The molecule has 3 fully saturated rings. The molecule has 2 bridgehead atoms. The summed E-state index contributed by atoms with van der Waals surface area (Å²) in [5.41, 5.74) is 0.258. The molecule has 1 atom stereocenters. The SMILES string of the molecule is Cn1nc2c(C(=O)NCC34CCC(C(=O)O)(CC3)CC4)ncnc2c1NC1CS(=O)(=O)c2cc(C(=O)O)ccc21. The molecule has 0 saturated heterocycles. The van der Waals surface area contributed by atoms with E-state index in [9.17, 15) is 33.0 Å². The molecule has 210 valence electrons. The van der Waals surface area contributed by atoms with Crippen molar-refractivity contribution in [1.82, 2.24) is 25.1 Å². The van der Waals surface area contributed by atoms with Crippen molar-refractivity contribution in [3.8, 4) is 0 Å². The van der Waals surface area contributed by atoms with E-state index in [4.69, 9.17) is 0 Å². The number of hydrogen-bond donors (Lipinski definition) is 4. The lowest BCUT2D eigenvalue weighted by Gasteiger charge is -2.51. The number of fused-ring (bicyclic) bond motifs is 5. The van der Waals surface area contributed by atoms with Crippen LogP contribution in [0, 0.1) is 10.8 Å². The minimum Gasteiger partial charge on any atom is -0.481 e. The molecule has 1 amide bonds. The Labute approximate surface area is 228 Å². The molecule has 2 aromatic heterocycles. The van der Waals surface area contributed by atoms with Crippen LogP contribution in [0.25, 0.3) is 11.0 Å². The largest absolute Gasteiger partial charge is 0.481 e. The maximum Gasteiger partial charge on any atom is 0.335 e. The third-order valence-corrected chi connectivity index (χ3v) is 10.8. The Bertz CT molecular complexity index is 1670. The molecule has 3 aromatic rings. The number of aryl methyl sites for hydroxylation is 1. The van der Waals surface area contributed by atoms with Gasteiger partial charge in [0.1, 0.15) is 17.4 Å². The number of carbonyl (C=O) groups excluding carboxylic acids is 1. The topological polar surface area (TPSA) is 193 Å². The summed E-state index contributed by atoms with van der Waals surface area (Å²) in [6.45, 7) is 0.417. The van der Waals surface area contributed by atoms with Gasteiger partial charge >= 0.3 is 11.9 Å². The molecule has 1 aliphatic heterocycles. The smallest absolute Gasteiger partial charge is 0.335 e. The van der Waals surface area contributed by atoms with E-state index >= 15 is 0 Å². The van der Waals surface area contributed by atoms with Crippen molar-refractivity contribution in [3.63, 3.8) is 0 Å². The summed E-state index contributed by atoms with van der Waals surface area (Å²) >= 11 is 0.